The maximum Gasteiger partial charge on any atom is 0.329 e. The van der Waals surface area contributed by atoms with E-state index in [1.807, 2.05) is 6.92 Å². The Hall–Kier alpha value is -3.68. The Balaban J connectivity index is 1.40. The third kappa shape index (κ3) is 4.64. The molecule has 166 valence electrons. The second kappa shape index (κ2) is 9.64. The molecule has 32 heavy (non-hydrogen) atoms. The fourth-order valence-corrected chi connectivity index (χ4v) is 3.69. The van der Waals surface area contributed by atoms with Crippen molar-refractivity contribution in [1.82, 2.24) is 9.88 Å². The Morgan fingerprint density at radius 1 is 1.19 bits per heavy atom. The summed E-state index contributed by atoms with van der Waals surface area (Å²) in [5, 5.41) is 0. The van der Waals surface area contributed by atoms with Gasteiger partial charge in [-0.05, 0) is 56.2 Å². The fourth-order valence-electron chi connectivity index (χ4n) is 3.69. The summed E-state index contributed by atoms with van der Waals surface area (Å²) in [5.41, 5.74) is 1.09. The smallest absolute Gasteiger partial charge is 0.329 e. The molecule has 0 radical (unpaired) electrons. The van der Waals surface area contributed by atoms with Crippen LogP contribution in [0.5, 0.6) is 5.75 Å². The summed E-state index contributed by atoms with van der Waals surface area (Å²) in [7, 11) is 0. The Labute approximate surface area is 184 Å². The molecule has 0 aliphatic carbocycles. The standard InChI is InChI=1S/C24H23FN2O5/c1-2-30-20-8-4-3-6-18(20)23(28)27-13-5-7-19(27)24(29)31-15-22-26-14-21(32-22)16-9-11-17(25)12-10-16/h3-4,6,8-12,14,19H,2,5,7,13,15H2,1H3/t19-/m1/s1. The molecule has 1 saturated heterocycles. The second-order valence-electron chi connectivity index (χ2n) is 7.32. The van der Waals surface area contributed by atoms with Crippen LogP contribution in [0.4, 0.5) is 4.39 Å². The molecule has 1 aliphatic rings. The van der Waals surface area contributed by atoms with Crippen LogP contribution < -0.4 is 4.74 Å². The van der Waals surface area contributed by atoms with Crippen LogP contribution in [0.1, 0.15) is 36.0 Å². The van der Waals surface area contributed by atoms with Gasteiger partial charge in [-0.1, -0.05) is 12.1 Å². The minimum atomic E-state index is -0.677. The lowest BCUT2D eigenvalue weighted by molar-refractivity contribution is -0.150. The molecule has 1 aromatic heterocycles. The highest BCUT2D eigenvalue weighted by atomic mass is 19.1. The first-order valence-electron chi connectivity index (χ1n) is 10.5. The number of carbonyl (C=O) groups is 2. The van der Waals surface area contributed by atoms with Gasteiger partial charge in [-0.15, -0.1) is 0 Å². The molecule has 2 aromatic carbocycles. The normalized spacial score (nSPS) is 15.6. The van der Waals surface area contributed by atoms with Crippen molar-refractivity contribution in [2.24, 2.45) is 0 Å². The first-order chi connectivity index (χ1) is 15.6. The number of ether oxygens (including phenoxy) is 2. The van der Waals surface area contributed by atoms with Gasteiger partial charge in [0.25, 0.3) is 5.91 Å². The SMILES string of the molecule is CCOc1ccccc1C(=O)N1CCC[C@@H]1C(=O)OCc1ncc(-c2ccc(F)cc2)o1. The number of hydrogen-bond donors (Lipinski definition) is 0. The summed E-state index contributed by atoms with van der Waals surface area (Å²) >= 11 is 0. The van der Waals surface area contributed by atoms with Gasteiger partial charge < -0.3 is 18.8 Å². The number of rotatable bonds is 7. The zero-order valence-electron chi connectivity index (χ0n) is 17.6. The van der Waals surface area contributed by atoms with Gasteiger partial charge in [0.1, 0.15) is 17.6 Å². The minimum Gasteiger partial charge on any atom is -0.493 e. The van der Waals surface area contributed by atoms with Crippen molar-refractivity contribution in [3.8, 4) is 17.1 Å². The molecule has 3 aromatic rings. The molecular formula is C24H23FN2O5. The quantitative estimate of drug-likeness (QED) is 0.514. The van der Waals surface area contributed by atoms with E-state index >= 15 is 0 Å². The zero-order chi connectivity index (χ0) is 22.5. The fraction of sp³-hybridized carbons (Fsp3) is 0.292. The summed E-state index contributed by atoms with van der Waals surface area (Å²) < 4.78 is 29.6. The van der Waals surface area contributed by atoms with Crippen LogP contribution in [0.15, 0.2) is 59.1 Å². The maximum atomic E-state index is 13.1. The number of halogens is 1. The number of likely N-dealkylation sites (tertiary alicyclic amines) is 1. The van der Waals surface area contributed by atoms with E-state index in [0.717, 1.165) is 0 Å². The van der Waals surface area contributed by atoms with Crippen LogP contribution in [0.2, 0.25) is 0 Å². The molecule has 8 heteroatoms. The van der Waals surface area contributed by atoms with E-state index in [0.29, 0.717) is 48.6 Å². The van der Waals surface area contributed by atoms with Gasteiger partial charge in [-0.2, -0.15) is 0 Å². The largest absolute Gasteiger partial charge is 0.493 e. The number of para-hydroxylation sites is 1. The second-order valence-corrected chi connectivity index (χ2v) is 7.32. The number of esters is 1. The summed E-state index contributed by atoms with van der Waals surface area (Å²) in [6, 6.07) is 12.1. The highest BCUT2D eigenvalue weighted by molar-refractivity contribution is 5.99. The van der Waals surface area contributed by atoms with Gasteiger partial charge in [-0.25, -0.2) is 14.2 Å². The van der Waals surface area contributed by atoms with Crippen LogP contribution in [0.25, 0.3) is 11.3 Å². The minimum absolute atomic E-state index is 0.159. The predicted molar refractivity (Wildman–Crippen MR) is 113 cm³/mol. The van der Waals surface area contributed by atoms with Gasteiger partial charge in [0, 0.05) is 12.1 Å². The van der Waals surface area contributed by atoms with Crippen molar-refractivity contribution in [2.75, 3.05) is 13.2 Å². The first-order valence-corrected chi connectivity index (χ1v) is 10.5. The maximum absolute atomic E-state index is 13.1. The van der Waals surface area contributed by atoms with Crippen molar-refractivity contribution in [2.45, 2.75) is 32.4 Å². The highest BCUT2D eigenvalue weighted by Gasteiger charge is 2.36. The first kappa shape index (κ1) is 21.5. The van der Waals surface area contributed by atoms with Gasteiger partial charge >= 0.3 is 5.97 Å². The molecule has 0 unspecified atom stereocenters. The molecule has 7 nitrogen and oxygen atoms in total. The van der Waals surface area contributed by atoms with Crippen molar-refractivity contribution in [3.63, 3.8) is 0 Å². The Morgan fingerprint density at radius 3 is 2.75 bits per heavy atom. The molecule has 0 saturated carbocycles. The van der Waals surface area contributed by atoms with Crippen LogP contribution in [-0.4, -0.2) is 41.0 Å². The van der Waals surface area contributed by atoms with E-state index in [1.165, 1.54) is 23.2 Å². The molecule has 1 atom stereocenters. The Kier molecular flexibility index (Phi) is 6.49. The monoisotopic (exact) mass is 438 g/mol. The van der Waals surface area contributed by atoms with E-state index < -0.39 is 12.0 Å². The molecule has 0 spiro atoms. The average molecular weight is 438 g/mol. The number of nitrogens with zero attached hydrogens (tertiary/aromatic N) is 2. The van der Waals surface area contributed by atoms with Crippen LogP contribution >= 0.6 is 0 Å². The van der Waals surface area contributed by atoms with Crippen LogP contribution in [-0.2, 0) is 16.1 Å². The molecule has 2 heterocycles. The zero-order valence-corrected chi connectivity index (χ0v) is 17.6. The summed E-state index contributed by atoms with van der Waals surface area (Å²) in [6.45, 7) is 2.59. The van der Waals surface area contributed by atoms with E-state index in [1.54, 1.807) is 36.4 Å². The lowest BCUT2D eigenvalue weighted by atomic mass is 10.1. The number of hydrogen-bond acceptors (Lipinski definition) is 6. The third-order valence-corrected chi connectivity index (χ3v) is 5.22. The molecule has 1 amide bonds. The van der Waals surface area contributed by atoms with E-state index in [4.69, 9.17) is 13.9 Å². The molecule has 0 N–H and O–H groups in total. The molecule has 0 bridgehead atoms. The van der Waals surface area contributed by atoms with Crippen molar-refractivity contribution in [1.29, 1.82) is 0 Å². The molecule has 1 aliphatic heterocycles. The number of amides is 1. The van der Waals surface area contributed by atoms with Gasteiger partial charge in [0.05, 0.1) is 18.4 Å². The molecule has 1 fully saturated rings. The lowest BCUT2D eigenvalue weighted by Gasteiger charge is -2.24. The van der Waals surface area contributed by atoms with Crippen LogP contribution in [0, 0.1) is 5.82 Å². The lowest BCUT2D eigenvalue weighted by Crippen LogP contribution is -2.41. The molecule has 4 rings (SSSR count). The third-order valence-electron chi connectivity index (χ3n) is 5.22. The van der Waals surface area contributed by atoms with E-state index in [9.17, 15) is 14.0 Å². The Morgan fingerprint density at radius 2 is 1.97 bits per heavy atom. The van der Waals surface area contributed by atoms with Crippen molar-refractivity contribution in [3.05, 3.63) is 72.0 Å². The average Bonchev–Trinajstić information content (AvgIpc) is 3.48. The number of oxazole rings is 1. The molecular weight excluding hydrogens is 415 g/mol. The summed E-state index contributed by atoms with van der Waals surface area (Å²) in [5.74, 6) is 0.0417. The predicted octanol–water partition coefficient (Wildman–Crippen LogP) is 4.23. The van der Waals surface area contributed by atoms with Crippen molar-refractivity contribution < 1.29 is 27.9 Å². The highest BCUT2D eigenvalue weighted by Crippen LogP contribution is 2.26. The summed E-state index contributed by atoms with van der Waals surface area (Å²) in [4.78, 5) is 31.5. The summed E-state index contributed by atoms with van der Waals surface area (Å²) in [6.07, 6.45) is 2.72. The number of aromatic nitrogens is 1. The van der Waals surface area contributed by atoms with Crippen molar-refractivity contribution >= 4 is 11.9 Å². The van der Waals surface area contributed by atoms with Gasteiger partial charge in [-0.3, -0.25) is 4.79 Å². The number of carbonyl (C=O) groups excluding carboxylic acids is 2. The van der Waals surface area contributed by atoms with Gasteiger partial charge in [0.15, 0.2) is 12.4 Å². The van der Waals surface area contributed by atoms with Gasteiger partial charge in [0.2, 0.25) is 5.89 Å². The number of benzene rings is 2. The van der Waals surface area contributed by atoms with E-state index in [-0.39, 0.29) is 24.2 Å². The van der Waals surface area contributed by atoms with E-state index in [2.05, 4.69) is 4.98 Å². The van der Waals surface area contributed by atoms with Crippen LogP contribution in [0.3, 0.4) is 0 Å². The topological polar surface area (TPSA) is 81.9 Å². The Bertz CT molecular complexity index is 1100.